The fourth-order valence-electron chi connectivity index (χ4n) is 2.65. The monoisotopic (exact) mass is 373 g/mol. The van der Waals surface area contributed by atoms with Crippen LogP contribution in [0.4, 0.5) is 5.69 Å². The standard InChI is InChI=1S/C17H15N3O7/c1-25-12-8-7-11-13(14(12)26-2)17(22)27-16(11)19-18-15(21)9-3-5-10(6-4-9)20(23)24/h3-8,16,19H,1-2H3,(H,18,21)/t16-/m1/s1. The molecule has 0 unspecified atom stereocenters. The van der Waals surface area contributed by atoms with E-state index in [4.69, 9.17) is 14.2 Å². The van der Waals surface area contributed by atoms with Gasteiger partial charge < -0.3 is 14.2 Å². The number of non-ortho nitro benzene ring substituents is 1. The van der Waals surface area contributed by atoms with Crippen LogP contribution in [-0.2, 0) is 4.74 Å². The van der Waals surface area contributed by atoms with E-state index >= 15 is 0 Å². The number of hydrogen-bond donors (Lipinski definition) is 2. The molecule has 0 spiro atoms. The summed E-state index contributed by atoms with van der Waals surface area (Å²) in [6.45, 7) is 0. The lowest BCUT2D eigenvalue weighted by atomic mass is 10.1. The minimum absolute atomic E-state index is 0.126. The number of carbonyl (C=O) groups is 2. The number of nitro benzene ring substituents is 1. The van der Waals surface area contributed by atoms with Crippen molar-refractivity contribution in [3.63, 3.8) is 0 Å². The van der Waals surface area contributed by atoms with Gasteiger partial charge in [0, 0.05) is 23.3 Å². The Kier molecular flexibility index (Phi) is 4.90. The average Bonchev–Trinajstić information content (AvgIpc) is 3.01. The van der Waals surface area contributed by atoms with Gasteiger partial charge in [0.1, 0.15) is 5.56 Å². The summed E-state index contributed by atoms with van der Waals surface area (Å²) in [6, 6.07) is 8.31. The molecule has 10 nitrogen and oxygen atoms in total. The van der Waals surface area contributed by atoms with E-state index in [-0.39, 0.29) is 22.6 Å². The molecule has 2 N–H and O–H groups in total. The van der Waals surface area contributed by atoms with E-state index in [0.29, 0.717) is 11.3 Å². The number of fused-ring (bicyclic) bond motifs is 1. The zero-order valence-corrected chi connectivity index (χ0v) is 14.3. The maximum Gasteiger partial charge on any atom is 0.344 e. The van der Waals surface area contributed by atoms with Crippen LogP contribution in [-0.4, -0.2) is 31.0 Å². The number of ether oxygens (including phenoxy) is 3. The molecule has 0 bridgehead atoms. The van der Waals surface area contributed by atoms with Gasteiger partial charge in [-0.15, -0.1) is 0 Å². The van der Waals surface area contributed by atoms with Crippen molar-refractivity contribution in [3.05, 3.63) is 63.2 Å². The van der Waals surface area contributed by atoms with Gasteiger partial charge in [-0.3, -0.25) is 20.3 Å². The molecule has 140 valence electrons. The van der Waals surface area contributed by atoms with Crippen LogP contribution < -0.4 is 20.3 Å². The van der Waals surface area contributed by atoms with Crippen LogP contribution >= 0.6 is 0 Å². The van der Waals surface area contributed by atoms with Crippen molar-refractivity contribution in [2.75, 3.05) is 14.2 Å². The first-order chi connectivity index (χ1) is 13.0. The first kappa shape index (κ1) is 18.1. The summed E-state index contributed by atoms with van der Waals surface area (Å²) < 4.78 is 15.6. The third-order valence-corrected chi connectivity index (χ3v) is 3.95. The molecule has 2 aromatic rings. The highest BCUT2D eigenvalue weighted by atomic mass is 16.6. The maximum absolute atomic E-state index is 12.2. The number of nitrogens with zero attached hydrogens (tertiary/aromatic N) is 1. The van der Waals surface area contributed by atoms with Crippen LogP contribution in [0, 0.1) is 10.1 Å². The van der Waals surface area contributed by atoms with Crippen molar-refractivity contribution in [1.29, 1.82) is 0 Å². The lowest BCUT2D eigenvalue weighted by molar-refractivity contribution is -0.384. The molecular weight excluding hydrogens is 358 g/mol. The van der Waals surface area contributed by atoms with Crippen LogP contribution in [0.1, 0.15) is 32.5 Å². The van der Waals surface area contributed by atoms with Crippen molar-refractivity contribution >= 4 is 17.6 Å². The number of hydrazine groups is 1. The average molecular weight is 373 g/mol. The van der Waals surface area contributed by atoms with Crippen LogP contribution in [0.15, 0.2) is 36.4 Å². The van der Waals surface area contributed by atoms with E-state index in [9.17, 15) is 19.7 Å². The summed E-state index contributed by atoms with van der Waals surface area (Å²) in [4.78, 5) is 34.4. The van der Waals surface area contributed by atoms with Gasteiger partial charge in [-0.1, -0.05) is 0 Å². The molecule has 27 heavy (non-hydrogen) atoms. The van der Waals surface area contributed by atoms with E-state index in [1.54, 1.807) is 12.1 Å². The maximum atomic E-state index is 12.2. The van der Waals surface area contributed by atoms with Crippen molar-refractivity contribution in [1.82, 2.24) is 10.9 Å². The van der Waals surface area contributed by atoms with Crippen LogP contribution in [0.3, 0.4) is 0 Å². The van der Waals surface area contributed by atoms with Crippen molar-refractivity contribution in [2.24, 2.45) is 0 Å². The lowest BCUT2D eigenvalue weighted by Gasteiger charge is -2.14. The number of cyclic esters (lactones) is 1. The molecule has 0 saturated heterocycles. The van der Waals surface area contributed by atoms with Crippen molar-refractivity contribution in [2.45, 2.75) is 6.23 Å². The number of esters is 1. The summed E-state index contributed by atoms with van der Waals surface area (Å²) in [6.07, 6.45) is -0.922. The molecule has 1 amide bonds. The number of amides is 1. The zero-order valence-electron chi connectivity index (χ0n) is 14.3. The van der Waals surface area contributed by atoms with Gasteiger partial charge in [-0.25, -0.2) is 4.79 Å². The summed E-state index contributed by atoms with van der Waals surface area (Å²) in [7, 11) is 2.85. The van der Waals surface area contributed by atoms with Crippen molar-refractivity contribution < 1.29 is 28.7 Å². The summed E-state index contributed by atoms with van der Waals surface area (Å²) in [5.41, 5.74) is 5.78. The summed E-state index contributed by atoms with van der Waals surface area (Å²) in [5.74, 6) is -0.549. The highest BCUT2D eigenvalue weighted by Crippen LogP contribution is 2.40. The predicted molar refractivity (Wildman–Crippen MR) is 91.4 cm³/mol. The quantitative estimate of drug-likeness (QED) is 0.445. The molecule has 1 aliphatic rings. The Labute approximate surface area is 153 Å². The van der Waals surface area contributed by atoms with E-state index in [0.717, 1.165) is 0 Å². The predicted octanol–water partition coefficient (Wildman–Crippen LogP) is 1.72. The zero-order chi connectivity index (χ0) is 19.6. The Hall–Kier alpha value is -3.66. The van der Waals surface area contributed by atoms with E-state index in [1.807, 2.05) is 0 Å². The number of benzene rings is 2. The van der Waals surface area contributed by atoms with E-state index in [1.165, 1.54) is 38.5 Å². The van der Waals surface area contributed by atoms with Crippen LogP contribution in [0.5, 0.6) is 11.5 Å². The molecule has 1 atom stereocenters. The SMILES string of the molecule is COc1ccc2c(c1OC)C(=O)O[C@H]2NNC(=O)c1ccc([N+](=O)[O-])cc1. The summed E-state index contributed by atoms with van der Waals surface area (Å²) >= 11 is 0. The second kappa shape index (κ2) is 7.30. The number of methoxy groups -OCH3 is 2. The Morgan fingerprint density at radius 2 is 1.85 bits per heavy atom. The Morgan fingerprint density at radius 3 is 2.44 bits per heavy atom. The highest BCUT2D eigenvalue weighted by molar-refractivity contribution is 5.98. The van der Waals surface area contributed by atoms with Gasteiger partial charge in [0.05, 0.1) is 19.1 Å². The fourth-order valence-corrected chi connectivity index (χ4v) is 2.65. The van der Waals surface area contributed by atoms with Gasteiger partial charge in [0.2, 0.25) is 0 Å². The molecule has 0 saturated carbocycles. The Bertz CT molecular complexity index is 911. The van der Waals surface area contributed by atoms with Gasteiger partial charge in [-0.2, -0.15) is 5.43 Å². The van der Waals surface area contributed by atoms with Gasteiger partial charge >= 0.3 is 5.97 Å². The summed E-state index contributed by atoms with van der Waals surface area (Å²) in [5, 5.41) is 10.7. The smallest absolute Gasteiger partial charge is 0.344 e. The number of nitrogens with one attached hydrogen (secondary N) is 2. The largest absolute Gasteiger partial charge is 0.493 e. The molecule has 10 heteroatoms. The van der Waals surface area contributed by atoms with Gasteiger partial charge in [-0.05, 0) is 24.3 Å². The molecule has 1 heterocycles. The Morgan fingerprint density at radius 1 is 1.15 bits per heavy atom. The Balaban J connectivity index is 1.74. The lowest BCUT2D eigenvalue weighted by Crippen LogP contribution is -2.40. The molecular formula is C17H15N3O7. The third kappa shape index (κ3) is 3.37. The number of nitro groups is 1. The molecule has 2 aromatic carbocycles. The number of carbonyl (C=O) groups excluding carboxylic acids is 2. The second-order valence-electron chi connectivity index (χ2n) is 5.45. The first-order valence-electron chi connectivity index (χ1n) is 7.72. The number of hydrogen-bond acceptors (Lipinski definition) is 8. The minimum Gasteiger partial charge on any atom is -0.493 e. The topological polar surface area (TPSA) is 129 Å². The molecule has 3 rings (SSSR count). The molecule has 0 radical (unpaired) electrons. The minimum atomic E-state index is -0.922. The van der Waals surface area contributed by atoms with E-state index in [2.05, 4.69) is 10.9 Å². The van der Waals surface area contributed by atoms with Crippen LogP contribution in [0.25, 0.3) is 0 Å². The van der Waals surface area contributed by atoms with E-state index < -0.39 is 23.0 Å². The number of rotatable bonds is 6. The molecule has 0 fully saturated rings. The van der Waals surface area contributed by atoms with Crippen molar-refractivity contribution in [3.8, 4) is 11.5 Å². The third-order valence-electron chi connectivity index (χ3n) is 3.95. The molecule has 1 aliphatic heterocycles. The van der Waals surface area contributed by atoms with Gasteiger partial charge in [0.15, 0.2) is 17.7 Å². The first-order valence-corrected chi connectivity index (χ1v) is 7.72. The van der Waals surface area contributed by atoms with Gasteiger partial charge in [0.25, 0.3) is 11.6 Å². The molecule has 0 aliphatic carbocycles. The normalized spacial score (nSPS) is 14.9. The molecule has 0 aromatic heterocycles. The second-order valence-corrected chi connectivity index (χ2v) is 5.45. The highest BCUT2D eigenvalue weighted by Gasteiger charge is 2.36. The fraction of sp³-hybridized carbons (Fsp3) is 0.176. The van der Waals surface area contributed by atoms with Crippen LogP contribution in [0.2, 0.25) is 0 Å².